The van der Waals surface area contributed by atoms with Gasteiger partial charge in [0.05, 0.1) is 27.1 Å². The zero-order valence-corrected chi connectivity index (χ0v) is 14.0. The van der Waals surface area contributed by atoms with Crippen molar-refractivity contribution in [1.29, 1.82) is 0 Å². The number of Topliss-reactive ketones (excluding diaryl/α,β-unsaturated/α-hetero) is 1. The van der Waals surface area contributed by atoms with Crippen molar-refractivity contribution in [3.8, 4) is 0 Å². The van der Waals surface area contributed by atoms with E-state index in [0.29, 0.717) is 17.2 Å². The van der Waals surface area contributed by atoms with E-state index in [-0.39, 0.29) is 22.1 Å². The van der Waals surface area contributed by atoms with Gasteiger partial charge in [0.25, 0.3) is 11.3 Å². The zero-order chi connectivity index (χ0) is 17.9. The maximum absolute atomic E-state index is 13.7. The van der Waals surface area contributed by atoms with Crippen LogP contribution in [-0.2, 0) is 27.8 Å². The zero-order valence-electron chi connectivity index (χ0n) is 12.4. The SMILES string of the molecule is CC(=O)c1ccc(NS(=O)O)c(CS(=O)c2ccc(F)cc2F)c1. The molecule has 9 heteroatoms. The fraction of sp³-hybridized carbons (Fsp3) is 0.133. The minimum Gasteiger partial charge on any atom is -0.295 e. The average Bonchev–Trinajstić information content (AvgIpc) is 2.48. The van der Waals surface area contributed by atoms with Crippen LogP contribution in [0, 0.1) is 11.6 Å². The van der Waals surface area contributed by atoms with E-state index >= 15 is 0 Å². The molecule has 0 bridgehead atoms. The number of ketones is 1. The largest absolute Gasteiger partial charge is 0.295 e. The van der Waals surface area contributed by atoms with Crippen LogP contribution >= 0.6 is 0 Å². The molecule has 0 aliphatic heterocycles. The summed E-state index contributed by atoms with van der Waals surface area (Å²) in [4.78, 5) is 11.3. The summed E-state index contributed by atoms with van der Waals surface area (Å²) >= 11 is -2.37. The van der Waals surface area contributed by atoms with Gasteiger partial charge in [-0.2, -0.15) is 0 Å². The van der Waals surface area contributed by atoms with E-state index in [1.54, 1.807) is 0 Å². The molecule has 2 unspecified atom stereocenters. The summed E-state index contributed by atoms with van der Waals surface area (Å²) in [7, 11) is -1.87. The number of carbonyl (C=O) groups excluding carboxylic acids is 1. The van der Waals surface area contributed by atoms with Crippen LogP contribution in [0.5, 0.6) is 0 Å². The van der Waals surface area contributed by atoms with Crippen molar-refractivity contribution in [2.75, 3.05) is 4.72 Å². The highest BCUT2D eigenvalue weighted by molar-refractivity contribution is 7.84. The van der Waals surface area contributed by atoms with Crippen molar-refractivity contribution in [2.45, 2.75) is 17.6 Å². The lowest BCUT2D eigenvalue weighted by Crippen LogP contribution is -2.08. The van der Waals surface area contributed by atoms with Crippen molar-refractivity contribution in [2.24, 2.45) is 0 Å². The lowest BCUT2D eigenvalue weighted by molar-refractivity contribution is 0.101. The number of halogens is 2. The highest BCUT2D eigenvalue weighted by atomic mass is 32.2. The lowest BCUT2D eigenvalue weighted by atomic mass is 10.1. The average molecular weight is 373 g/mol. The molecule has 0 aliphatic rings. The Kier molecular flexibility index (Phi) is 5.92. The molecule has 5 nitrogen and oxygen atoms in total. The number of carbonyl (C=O) groups is 1. The van der Waals surface area contributed by atoms with Crippen LogP contribution in [0.15, 0.2) is 41.3 Å². The van der Waals surface area contributed by atoms with Crippen LogP contribution in [0.2, 0.25) is 0 Å². The molecular weight excluding hydrogens is 360 g/mol. The monoisotopic (exact) mass is 373 g/mol. The highest BCUT2D eigenvalue weighted by Crippen LogP contribution is 2.24. The van der Waals surface area contributed by atoms with Crippen LogP contribution in [0.25, 0.3) is 0 Å². The number of anilines is 1. The molecule has 0 radical (unpaired) electrons. The fourth-order valence-corrected chi connectivity index (χ4v) is 3.56. The summed E-state index contributed by atoms with van der Waals surface area (Å²) in [6.45, 7) is 1.34. The van der Waals surface area contributed by atoms with Crippen molar-refractivity contribution < 1.29 is 26.5 Å². The molecule has 0 spiro atoms. The highest BCUT2D eigenvalue weighted by Gasteiger charge is 2.15. The molecule has 2 N–H and O–H groups in total. The van der Waals surface area contributed by atoms with Gasteiger partial charge >= 0.3 is 0 Å². The van der Waals surface area contributed by atoms with Crippen molar-refractivity contribution in [1.82, 2.24) is 0 Å². The van der Waals surface area contributed by atoms with Gasteiger partial charge in [0.2, 0.25) is 0 Å². The summed E-state index contributed by atoms with van der Waals surface area (Å²) in [5.74, 6) is -2.20. The van der Waals surface area contributed by atoms with Crippen LogP contribution < -0.4 is 4.72 Å². The molecule has 24 heavy (non-hydrogen) atoms. The number of rotatable bonds is 6. The Morgan fingerprint density at radius 1 is 1.17 bits per heavy atom. The third-order valence-electron chi connectivity index (χ3n) is 3.13. The molecule has 2 rings (SSSR count). The van der Waals surface area contributed by atoms with Gasteiger partial charge in [0.1, 0.15) is 11.6 Å². The Hall–Kier alpha value is -1.97. The predicted molar refractivity (Wildman–Crippen MR) is 87.3 cm³/mol. The Bertz CT molecular complexity index is 842. The first-order valence-corrected chi connectivity index (χ1v) is 9.05. The van der Waals surface area contributed by atoms with Gasteiger partial charge in [-0.25, -0.2) is 13.0 Å². The smallest absolute Gasteiger partial charge is 0.259 e. The van der Waals surface area contributed by atoms with E-state index in [4.69, 9.17) is 4.55 Å². The molecule has 0 amide bonds. The molecule has 0 aromatic heterocycles. The van der Waals surface area contributed by atoms with E-state index in [9.17, 15) is 22.0 Å². The second-order valence-corrected chi connectivity index (χ2v) is 6.97. The third-order valence-corrected chi connectivity index (χ3v) is 4.92. The van der Waals surface area contributed by atoms with Crippen molar-refractivity contribution >= 4 is 33.5 Å². The maximum Gasteiger partial charge on any atom is 0.259 e. The van der Waals surface area contributed by atoms with Gasteiger partial charge in [0.15, 0.2) is 5.78 Å². The van der Waals surface area contributed by atoms with Crippen LogP contribution in [0.4, 0.5) is 14.5 Å². The molecule has 2 aromatic rings. The van der Waals surface area contributed by atoms with Gasteiger partial charge in [0, 0.05) is 11.6 Å². The maximum atomic E-state index is 13.7. The number of nitrogens with one attached hydrogen (secondary N) is 1. The molecule has 2 aromatic carbocycles. The third kappa shape index (κ3) is 4.53. The molecule has 0 saturated carbocycles. The van der Waals surface area contributed by atoms with Gasteiger partial charge < -0.3 is 0 Å². The van der Waals surface area contributed by atoms with E-state index < -0.39 is 33.7 Å². The van der Waals surface area contributed by atoms with Gasteiger partial charge in [-0.1, -0.05) is 0 Å². The molecule has 0 heterocycles. The first kappa shape index (κ1) is 18.4. The summed E-state index contributed by atoms with van der Waals surface area (Å²) in [6.07, 6.45) is 0. The standard InChI is InChI=1S/C15H13F2NO4S2/c1-9(19)10-2-4-14(18-24(21)22)11(6-10)8-23(20)15-5-3-12(16)7-13(15)17/h2-7,18H,8H2,1H3,(H,21,22). The number of hydrogen-bond donors (Lipinski definition) is 2. The molecule has 0 fully saturated rings. The fourth-order valence-electron chi connectivity index (χ4n) is 2.00. The minimum atomic E-state index is -2.37. The second-order valence-electron chi connectivity index (χ2n) is 4.84. The molecule has 2 atom stereocenters. The quantitative estimate of drug-likeness (QED) is 0.602. The van der Waals surface area contributed by atoms with Crippen molar-refractivity contribution in [3.63, 3.8) is 0 Å². The Morgan fingerprint density at radius 3 is 2.46 bits per heavy atom. The number of hydrogen-bond acceptors (Lipinski definition) is 3. The van der Waals surface area contributed by atoms with Crippen LogP contribution in [-0.4, -0.2) is 18.8 Å². The van der Waals surface area contributed by atoms with Gasteiger partial charge in [-0.3, -0.25) is 18.3 Å². The summed E-state index contributed by atoms with van der Waals surface area (Å²) in [5, 5.41) is 0. The molecule has 0 aliphatic carbocycles. The first-order chi connectivity index (χ1) is 11.3. The summed E-state index contributed by atoms with van der Waals surface area (Å²) in [6, 6.07) is 6.95. The van der Waals surface area contributed by atoms with E-state index in [0.717, 1.165) is 12.1 Å². The predicted octanol–water partition coefficient (Wildman–Crippen LogP) is 3.02. The van der Waals surface area contributed by atoms with Crippen LogP contribution in [0.3, 0.4) is 0 Å². The van der Waals surface area contributed by atoms with Gasteiger partial charge in [-0.05, 0) is 42.8 Å². The lowest BCUT2D eigenvalue weighted by Gasteiger charge is -2.11. The molecule has 0 saturated heterocycles. The first-order valence-electron chi connectivity index (χ1n) is 6.62. The van der Waals surface area contributed by atoms with E-state index in [2.05, 4.69) is 4.72 Å². The molecule has 128 valence electrons. The topological polar surface area (TPSA) is 83.5 Å². The number of benzene rings is 2. The Labute approximate surface area is 142 Å². The van der Waals surface area contributed by atoms with Crippen molar-refractivity contribution in [3.05, 3.63) is 59.2 Å². The minimum absolute atomic E-state index is 0.191. The van der Waals surface area contributed by atoms with E-state index in [1.807, 2.05) is 0 Å². The van der Waals surface area contributed by atoms with Gasteiger partial charge in [-0.15, -0.1) is 0 Å². The Balaban J connectivity index is 2.38. The van der Waals surface area contributed by atoms with Crippen LogP contribution in [0.1, 0.15) is 22.8 Å². The van der Waals surface area contributed by atoms with E-state index in [1.165, 1.54) is 25.1 Å². The Morgan fingerprint density at radius 2 is 1.88 bits per heavy atom. The second kappa shape index (κ2) is 7.73. The molecular formula is C15H13F2NO4S2. The summed E-state index contributed by atoms with van der Waals surface area (Å²) in [5.41, 5.74) is 0.805. The summed E-state index contributed by atoms with van der Waals surface area (Å²) < 4.78 is 61.2. The normalized spacial score (nSPS) is 13.3.